The summed E-state index contributed by atoms with van der Waals surface area (Å²) >= 11 is 0. The van der Waals surface area contributed by atoms with Crippen molar-refractivity contribution >= 4 is 11.9 Å². The molecule has 0 unspecified atom stereocenters. The number of carboxylic acids is 1. The second kappa shape index (κ2) is 7.47. The molecule has 130 valence electrons. The van der Waals surface area contributed by atoms with Crippen LogP contribution in [0.3, 0.4) is 0 Å². The molecule has 0 fully saturated rings. The van der Waals surface area contributed by atoms with Gasteiger partial charge in [-0.1, -0.05) is 13.8 Å². The lowest BCUT2D eigenvalue weighted by atomic mass is 10.0. The van der Waals surface area contributed by atoms with Crippen molar-refractivity contribution in [2.45, 2.75) is 44.8 Å². The summed E-state index contributed by atoms with van der Waals surface area (Å²) in [7, 11) is 1.40. The van der Waals surface area contributed by atoms with Crippen LogP contribution in [0.15, 0.2) is 12.4 Å². The molecule has 0 bridgehead atoms. The molecule has 2 atom stereocenters. The number of carbonyl (C=O) groups is 2. The predicted octanol–water partition coefficient (Wildman–Crippen LogP) is 2.07. The van der Waals surface area contributed by atoms with Crippen molar-refractivity contribution in [1.29, 1.82) is 0 Å². The molecule has 0 radical (unpaired) electrons. The molecule has 1 heterocycles. The van der Waals surface area contributed by atoms with Gasteiger partial charge in [-0.2, -0.15) is 13.2 Å². The van der Waals surface area contributed by atoms with Crippen LogP contribution in [0, 0.1) is 5.92 Å². The molecule has 0 spiro atoms. The lowest BCUT2D eigenvalue weighted by Gasteiger charge is -2.21. The molecule has 0 aliphatic carbocycles. The fourth-order valence-electron chi connectivity index (χ4n) is 2.20. The van der Waals surface area contributed by atoms with Crippen LogP contribution in [0.2, 0.25) is 0 Å². The number of halogens is 3. The van der Waals surface area contributed by atoms with Crippen molar-refractivity contribution in [2.24, 2.45) is 13.0 Å². The molecule has 2 N–H and O–H groups in total. The monoisotopic (exact) mass is 335 g/mol. The smallest absolute Gasteiger partial charge is 0.399 e. The molecule has 0 aliphatic rings. The van der Waals surface area contributed by atoms with Crippen LogP contribution in [0.1, 0.15) is 38.4 Å². The third-order valence-corrected chi connectivity index (χ3v) is 3.30. The highest BCUT2D eigenvalue weighted by Crippen LogP contribution is 2.36. The maximum absolute atomic E-state index is 13.2. The van der Waals surface area contributed by atoms with Gasteiger partial charge in [-0.05, 0) is 12.3 Å². The van der Waals surface area contributed by atoms with Gasteiger partial charge in [0.15, 0.2) is 0 Å². The molecule has 23 heavy (non-hydrogen) atoms. The molecule has 1 amide bonds. The Kier molecular flexibility index (Phi) is 6.17. The summed E-state index contributed by atoms with van der Waals surface area (Å²) in [5.74, 6) is -4.64. The third kappa shape index (κ3) is 5.57. The molecule has 9 heteroatoms. The zero-order valence-electron chi connectivity index (χ0n) is 13.1. The van der Waals surface area contributed by atoms with Crippen LogP contribution in [0.4, 0.5) is 13.2 Å². The first-order valence-corrected chi connectivity index (χ1v) is 7.08. The van der Waals surface area contributed by atoms with Crippen molar-refractivity contribution in [2.75, 3.05) is 0 Å². The number of imidazole rings is 1. The van der Waals surface area contributed by atoms with E-state index in [0.29, 0.717) is 0 Å². The van der Waals surface area contributed by atoms with E-state index in [2.05, 4.69) is 10.3 Å². The van der Waals surface area contributed by atoms with E-state index < -0.39 is 36.4 Å². The second-order valence-corrected chi connectivity index (χ2v) is 5.78. The highest BCUT2D eigenvalue weighted by Gasteiger charge is 2.44. The van der Waals surface area contributed by atoms with Gasteiger partial charge in [-0.3, -0.25) is 4.79 Å². The van der Waals surface area contributed by atoms with Crippen molar-refractivity contribution in [1.82, 2.24) is 14.9 Å². The molecule has 0 aliphatic heterocycles. The average molecular weight is 335 g/mol. The van der Waals surface area contributed by atoms with E-state index in [1.54, 1.807) is 13.8 Å². The Balaban J connectivity index is 2.86. The first-order valence-electron chi connectivity index (χ1n) is 7.08. The molecule has 1 rings (SSSR count). The van der Waals surface area contributed by atoms with Gasteiger partial charge in [0, 0.05) is 25.9 Å². The minimum atomic E-state index is -4.66. The number of hydrogen-bond acceptors (Lipinski definition) is 3. The average Bonchev–Trinajstić information content (AvgIpc) is 2.79. The summed E-state index contributed by atoms with van der Waals surface area (Å²) in [6.07, 6.45) is -2.86. The Morgan fingerprint density at radius 2 is 2.00 bits per heavy atom. The number of rotatable bonds is 7. The van der Waals surface area contributed by atoms with E-state index in [4.69, 9.17) is 5.11 Å². The summed E-state index contributed by atoms with van der Waals surface area (Å²) < 4.78 is 40.7. The molecule has 6 nitrogen and oxygen atoms in total. The Morgan fingerprint density at radius 1 is 1.39 bits per heavy atom. The van der Waals surface area contributed by atoms with Gasteiger partial charge in [0.05, 0.1) is 0 Å². The number of carbonyl (C=O) groups excluding carboxylic acids is 1. The van der Waals surface area contributed by atoms with Crippen molar-refractivity contribution in [3.8, 4) is 0 Å². The number of hydrogen-bond donors (Lipinski definition) is 2. The Hall–Kier alpha value is -2.06. The summed E-state index contributed by atoms with van der Waals surface area (Å²) in [4.78, 5) is 26.6. The highest BCUT2D eigenvalue weighted by atomic mass is 19.4. The normalized spacial score (nSPS) is 14.6. The first-order chi connectivity index (χ1) is 10.5. The largest absolute Gasteiger partial charge is 0.480 e. The second-order valence-electron chi connectivity index (χ2n) is 5.78. The lowest BCUT2D eigenvalue weighted by molar-refractivity contribution is -0.159. The van der Waals surface area contributed by atoms with Gasteiger partial charge >= 0.3 is 12.1 Å². The van der Waals surface area contributed by atoms with Crippen LogP contribution in [0.5, 0.6) is 0 Å². The topological polar surface area (TPSA) is 84.2 Å². The maximum atomic E-state index is 13.2. The fourth-order valence-corrected chi connectivity index (χ4v) is 2.20. The first kappa shape index (κ1) is 19.0. The molecule has 0 saturated heterocycles. The molecule has 1 aromatic heterocycles. The molecule has 1 aromatic rings. The predicted molar refractivity (Wildman–Crippen MR) is 75.6 cm³/mol. The van der Waals surface area contributed by atoms with Crippen molar-refractivity contribution in [3.05, 3.63) is 18.2 Å². The summed E-state index contributed by atoms with van der Waals surface area (Å²) in [5.41, 5.74) is 0. The number of aliphatic carboxylic acids is 1. The van der Waals surface area contributed by atoms with E-state index in [9.17, 15) is 22.8 Å². The summed E-state index contributed by atoms with van der Waals surface area (Å²) in [6, 6.07) is -1.21. The molecular formula is C14H20F3N3O3. The number of carboxylic acid groups (broad SMARTS) is 1. The SMILES string of the molecule is CC(C)C[C@H](NC(=O)C[C@H](c1nccn1C)C(F)(F)F)C(=O)O. The zero-order valence-corrected chi connectivity index (χ0v) is 13.1. The van der Waals surface area contributed by atoms with E-state index in [1.807, 2.05) is 0 Å². The van der Waals surface area contributed by atoms with Gasteiger partial charge < -0.3 is 15.0 Å². The Bertz CT molecular complexity index is 555. The van der Waals surface area contributed by atoms with Crippen LogP contribution in [-0.2, 0) is 16.6 Å². The molecule has 0 aromatic carbocycles. The molecule has 0 saturated carbocycles. The number of aryl methyl sites for hydroxylation is 1. The minimum Gasteiger partial charge on any atom is -0.480 e. The van der Waals surface area contributed by atoms with E-state index >= 15 is 0 Å². The number of nitrogens with zero attached hydrogens (tertiary/aromatic N) is 2. The number of alkyl halides is 3. The Morgan fingerprint density at radius 3 is 2.39 bits per heavy atom. The fraction of sp³-hybridized carbons (Fsp3) is 0.643. The zero-order chi connectivity index (χ0) is 17.8. The summed E-state index contributed by atoms with van der Waals surface area (Å²) in [6.45, 7) is 3.52. The Labute approximate surface area is 131 Å². The van der Waals surface area contributed by atoms with Gasteiger partial charge in [-0.15, -0.1) is 0 Å². The van der Waals surface area contributed by atoms with Gasteiger partial charge in [0.1, 0.15) is 17.8 Å². The highest BCUT2D eigenvalue weighted by molar-refractivity contribution is 5.83. The van der Waals surface area contributed by atoms with E-state index in [0.717, 1.165) is 0 Å². The van der Waals surface area contributed by atoms with Gasteiger partial charge in [-0.25, -0.2) is 9.78 Å². The number of aromatic nitrogens is 2. The van der Waals surface area contributed by atoms with Crippen LogP contribution < -0.4 is 5.32 Å². The van der Waals surface area contributed by atoms with Crippen molar-refractivity contribution in [3.63, 3.8) is 0 Å². The van der Waals surface area contributed by atoms with Crippen LogP contribution in [-0.4, -0.2) is 38.8 Å². The third-order valence-electron chi connectivity index (χ3n) is 3.30. The van der Waals surface area contributed by atoms with Crippen LogP contribution >= 0.6 is 0 Å². The van der Waals surface area contributed by atoms with Crippen LogP contribution in [0.25, 0.3) is 0 Å². The molecular weight excluding hydrogens is 315 g/mol. The number of amides is 1. The van der Waals surface area contributed by atoms with Gasteiger partial charge in [0.2, 0.25) is 5.91 Å². The number of nitrogens with one attached hydrogen (secondary N) is 1. The minimum absolute atomic E-state index is 0.0237. The standard InChI is InChI=1S/C14H20F3N3O3/c1-8(2)6-10(13(22)23)19-11(21)7-9(14(15,16)17)12-18-4-5-20(12)3/h4-5,8-10H,6-7H2,1-3H3,(H,19,21)(H,22,23)/t9-,10+/m1/s1. The van der Waals surface area contributed by atoms with E-state index in [1.165, 1.54) is 24.0 Å². The quantitative estimate of drug-likeness (QED) is 0.799. The lowest BCUT2D eigenvalue weighted by Crippen LogP contribution is -2.43. The van der Waals surface area contributed by atoms with Gasteiger partial charge in [0.25, 0.3) is 0 Å². The van der Waals surface area contributed by atoms with E-state index in [-0.39, 0.29) is 18.2 Å². The maximum Gasteiger partial charge on any atom is 0.399 e. The van der Waals surface area contributed by atoms with Crippen molar-refractivity contribution < 1.29 is 27.9 Å². The summed E-state index contributed by atoms with van der Waals surface area (Å²) in [5, 5.41) is 11.2.